The number of hydrogen-bond donors (Lipinski definition) is 1. The minimum atomic E-state index is 0.257. The lowest BCUT2D eigenvalue weighted by molar-refractivity contribution is 0.0270. The number of methoxy groups -OCH3 is 1. The summed E-state index contributed by atoms with van der Waals surface area (Å²) in [4.78, 5) is 2.36. The molecule has 1 saturated heterocycles. The van der Waals surface area contributed by atoms with E-state index in [1.54, 1.807) is 7.11 Å². The maximum Gasteiger partial charge on any atom is 0.0733 e. The SMILES string of the molecule is COC(CN)C1CCCN(C)C1. The second-order valence-corrected chi connectivity index (χ2v) is 3.67. The maximum absolute atomic E-state index is 5.62. The van der Waals surface area contributed by atoms with Crippen molar-refractivity contribution in [2.45, 2.75) is 18.9 Å². The smallest absolute Gasteiger partial charge is 0.0733 e. The Kier molecular flexibility index (Phi) is 3.98. The molecule has 0 aromatic rings. The van der Waals surface area contributed by atoms with Crippen LogP contribution in [0.2, 0.25) is 0 Å². The first-order chi connectivity index (χ1) is 5.77. The van der Waals surface area contributed by atoms with Crippen LogP contribution in [0.5, 0.6) is 0 Å². The van der Waals surface area contributed by atoms with Crippen LogP contribution in [-0.2, 0) is 4.74 Å². The fraction of sp³-hybridized carbons (Fsp3) is 1.00. The fourth-order valence-electron chi connectivity index (χ4n) is 1.99. The number of piperidine rings is 1. The summed E-state index contributed by atoms with van der Waals surface area (Å²) in [7, 11) is 3.92. The summed E-state index contributed by atoms with van der Waals surface area (Å²) in [5.74, 6) is 0.638. The predicted octanol–water partition coefficient (Wildman–Crippen LogP) is 0.302. The maximum atomic E-state index is 5.62. The molecule has 0 amide bonds. The molecule has 2 N–H and O–H groups in total. The van der Waals surface area contributed by atoms with Crippen molar-refractivity contribution >= 4 is 0 Å². The van der Waals surface area contributed by atoms with E-state index >= 15 is 0 Å². The molecule has 3 heteroatoms. The minimum Gasteiger partial charge on any atom is -0.380 e. The molecule has 12 heavy (non-hydrogen) atoms. The van der Waals surface area contributed by atoms with Gasteiger partial charge in [0, 0.05) is 20.2 Å². The Morgan fingerprint density at radius 1 is 1.67 bits per heavy atom. The quantitative estimate of drug-likeness (QED) is 0.665. The van der Waals surface area contributed by atoms with Gasteiger partial charge in [-0.1, -0.05) is 0 Å². The number of nitrogens with two attached hydrogens (primary N) is 1. The highest BCUT2D eigenvalue weighted by Gasteiger charge is 2.24. The van der Waals surface area contributed by atoms with Crippen LogP contribution in [0.1, 0.15) is 12.8 Å². The summed E-state index contributed by atoms with van der Waals surface area (Å²) >= 11 is 0. The van der Waals surface area contributed by atoms with Gasteiger partial charge in [0.2, 0.25) is 0 Å². The van der Waals surface area contributed by atoms with Gasteiger partial charge in [0.05, 0.1) is 6.10 Å². The van der Waals surface area contributed by atoms with Crippen LogP contribution in [0.4, 0.5) is 0 Å². The Labute approximate surface area is 74.9 Å². The Hall–Kier alpha value is -0.120. The minimum absolute atomic E-state index is 0.257. The van der Waals surface area contributed by atoms with Crippen LogP contribution in [0.15, 0.2) is 0 Å². The average molecular weight is 172 g/mol. The standard InChI is InChI=1S/C9H20N2O/c1-11-5-3-4-8(7-11)9(6-10)12-2/h8-9H,3-7,10H2,1-2H3. The van der Waals surface area contributed by atoms with Gasteiger partial charge in [-0.05, 0) is 32.4 Å². The van der Waals surface area contributed by atoms with Gasteiger partial charge < -0.3 is 15.4 Å². The van der Waals surface area contributed by atoms with Gasteiger partial charge in [-0.2, -0.15) is 0 Å². The summed E-state index contributed by atoms with van der Waals surface area (Å²) in [6.45, 7) is 3.00. The topological polar surface area (TPSA) is 38.5 Å². The Balaban J connectivity index is 2.38. The third-order valence-corrected chi connectivity index (χ3v) is 2.72. The Morgan fingerprint density at radius 3 is 2.92 bits per heavy atom. The zero-order valence-corrected chi connectivity index (χ0v) is 8.12. The first kappa shape index (κ1) is 9.96. The number of likely N-dealkylation sites (tertiary alicyclic amines) is 1. The van der Waals surface area contributed by atoms with Crippen molar-refractivity contribution in [3.63, 3.8) is 0 Å². The van der Waals surface area contributed by atoms with Gasteiger partial charge in [0.1, 0.15) is 0 Å². The van der Waals surface area contributed by atoms with Crippen LogP contribution in [0.3, 0.4) is 0 Å². The second kappa shape index (κ2) is 4.80. The van der Waals surface area contributed by atoms with Crippen molar-refractivity contribution in [2.75, 3.05) is 33.8 Å². The number of rotatable bonds is 3. The zero-order chi connectivity index (χ0) is 8.97. The average Bonchev–Trinajstić information content (AvgIpc) is 2.07. The van der Waals surface area contributed by atoms with Crippen LogP contribution in [-0.4, -0.2) is 44.8 Å². The highest BCUT2D eigenvalue weighted by Crippen LogP contribution is 2.19. The monoisotopic (exact) mass is 172 g/mol. The fourth-order valence-corrected chi connectivity index (χ4v) is 1.99. The van der Waals surface area contributed by atoms with Gasteiger partial charge in [-0.25, -0.2) is 0 Å². The Morgan fingerprint density at radius 2 is 2.42 bits per heavy atom. The molecular formula is C9H20N2O. The molecule has 0 radical (unpaired) electrons. The van der Waals surface area contributed by atoms with E-state index in [0.717, 1.165) is 6.54 Å². The van der Waals surface area contributed by atoms with Gasteiger partial charge in [0.15, 0.2) is 0 Å². The molecule has 0 aliphatic carbocycles. The summed E-state index contributed by atoms with van der Waals surface area (Å²) < 4.78 is 5.34. The molecule has 1 aliphatic heterocycles. The summed E-state index contributed by atoms with van der Waals surface area (Å²) in [5.41, 5.74) is 5.62. The number of hydrogen-bond acceptors (Lipinski definition) is 3. The van der Waals surface area contributed by atoms with E-state index in [1.807, 2.05) is 0 Å². The highest BCUT2D eigenvalue weighted by molar-refractivity contribution is 4.78. The second-order valence-electron chi connectivity index (χ2n) is 3.67. The van der Waals surface area contributed by atoms with E-state index in [2.05, 4.69) is 11.9 Å². The molecule has 3 nitrogen and oxygen atoms in total. The number of ether oxygens (including phenoxy) is 1. The first-order valence-corrected chi connectivity index (χ1v) is 4.69. The van der Waals surface area contributed by atoms with Crippen LogP contribution < -0.4 is 5.73 Å². The first-order valence-electron chi connectivity index (χ1n) is 4.69. The van der Waals surface area contributed by atoms with Gasteiger partial charge in [0.25, 0.3) is 0 Å². The van der Waals surface area contributed by atoms with Gasteiger partial charge in [-0.3, -0.25) is 0 Å². The predicted molar refractivity (Wildman–Crippen MR) is 50.1 cm³/mol. The largest absolute Gasteiger partial charge is 0.380 e. The van der Waals surface area contributed by atoms with Crippen LogP contribution in [0.25, 0.3) is 0 Å². The van der Waals surface area contributed by atoms with Crippen molar-refractivity contribution in [1.29, 1.82) is 0 Å². The van der Waals surface area contributed by atoms with E-state index < -0.39 is 0 Å². The molecule has 2 unspecified atom stereocenters. The lowest BCUT2D eigenvalue weighted by atomic mass is 9.93. The molecule has 0 aromatic carbocycles. The lowest BCUT2D eigenvalue weighted by Crippen LogP contribution is -2.41. The van der Waals surface area contributed by atoms with Gasteiger partial charge in [-0.15, -0.1) is 0 Å². The molecule has 1 fully saturated rings. The third kappa shape index (κ3) is 2.44. The van der Waals surface area contributed by atoms with Crippen molar-refractivity contribution < 1.29 is 4.74 Å². The van der Waals surface area contributed by atoms with E-state index in [4.69, 9.17) is 10.5 Å². The third-order valence-electron chi connectivity index (χ3n) is 2.72. The van der Waals surface area contributed by atoms with Crippen LogP contribution >= 0.6 is 0 Å². The number of nitrogens with zero attached hydrogens (tertiary/aromatic N) is 1. The van der Waals surface area contributed by atoms with Crippen LogP contribution in [0, 0.1) is 5.92 Å². The van der Waals surface area contributed by atoms with E-state index in [0.29, 0.717) is 12.5 Å². The van der Waals surface area contributed by atoms with E-state index in [1.165, 1.54) is 19.4 Å². The molecule has 0 bridgehead atoms. The molecule has 2 atom stereocenters. The van der Waals surface area contributed by atoms with Crippen molar-refractivity contribution in [3.05, 3.63) is 0 Å². The van der Waals surface area contributed by atoms with Gasteiger partial charge >= 0.3 is 0 Å². The molecule has 72 valence electrons. The molecule has 0 spiro atoms. The van der Waals surface area contributed by atoms with Crippen molar-refractivity contribution in [3.8, 4) is 0 Å². The molecule has 1 aliphatic rings. The van der Waals surface area contributed by atoms with Crippen molar-refractivity contribution in [2.24, 2.45) is 11.7 Å². The molecule has 0 aromatic heterocycles. The summed E-state index contributed by atoms with van der Waals surface area (Å²) in [6, 6.07) is 0. The summed E-state index contributed by atoms with van der Waals surface area (Å²) in [5, 5.41) is 0. The molecular weight excluding hydrogens is 152 g/mol. The van der Waals surface area contributed by atoms with E-state index in [-0.39, 0.29) is 6.10 Å². The molecule has 1 heterocycles. The zero-order valence-electron chi connectivity index (χ0n) is 8.12. The van der Waals surface area contributed by atoms with Crippen molar-refractivity contribution in [1.82, 2.24) is 4.90 Å². The Bertz CT molecular complexity index is 126. The molecule has 1 rings (SSSR count). The van der Waals surface area contributed by atoms with E-state index in [9.17, 15) is 0 Å². The normalized spacial score (nSPS) is 28.8. The molecule has 0 saturated carbocycles. The highest BCUT2D eigenvalue weighted by atomic mass is 16.5. The lowest BCUT2D eigenvalue weighted by Gasteiger charge is -2.33. The summed E-state index contributed by atoms with van der Waals surface area (Å²) in [6.07, 6.45) is 2.80.